The number of halogens is 2. The van der Waals surface area contributed by atoms with Crippen molar-refractivity contribution in [2.45, 2.75) is 24.7 Å². The number of likely N-dealkylation sites (N-methyl/N-ethyl adjacent to an activating group) is 1. The van der Waals surface area contributed by atoms with Gasteiger partial charge in [-0.3, -0.25) is 0 Å². The molecule has 1 aromatic carbocycles. The van der Waals surface area contributed by atoms with Crippen molar-refractivity contribution >= 4 is 23.2 Å². The van der Waals surface area contributed by atoms with Crippen molar-refractivity contribution in [3.05, 3.63) is 33.8 Å². The van der Waals surface area contributed by atoms with E-state index in [4.69, 9.17) is 23.2 Å². The van der Waals surface area contributed by atoms with Crippen molar-refractivity contribution in [3.63, 3.8) is 0 Å². The third-order valence-corrected chi connectivity index (χ3v) is 4.90. The first-order chi connectivity index (χ1) is 8.64. The molecule has 4 heteroatoms. The molecule has 2 N–H and O–H groups in total. The van der Waals surface area contributed by atoms with Gasteiger partial charge < -0.3 is 10.4 Å². The van der Waals surface area contributed by atoms with Gasteiger partial charge in [-0.05, 0) is 43.5 Å². The maximum Gasteiger partial charge on any atom is 0.0595 e. The van der Waals surface area contributed by atoms with Crippen molar-refractivity contribution in [1.29, 1.82) is 0 Å². The minimum atomic E-state index is -0.0161. The van der Waals surface area contributed by atoms with Crippen molar-refractivity contribution in [2.75, 3.05) is 20.2 Å². The third kappa shape index (κ3) is 2.39. The molecule has 0 bridgehead atoms. The predicted molar refractivity (Wildman–Crippen MR) is 76.5 cm³/mol. The second-order valence-corrected chi connectivity index (χ2v) is 5.90. The predicted octanol–water partition coefficient (Wildman–Crippen LogP) is 3.24. The fourth-order valence-electron chi connectivity index (χ4n) is 3.25. The van der Waals surface area contributed by atoms with Crippen LogP contribution in [-0.2, 0) is 5.41 Å². The van der Waals surface area contributed by atoms with Gasteiger partial charge >= 0.3 is 0 Å². The standard InChI is InChI=1S/C14H19Cl2NO/c1-17-9-14(6-2-3-11(14)8-18)10-4-5-12(15)13(16)7-10/h4-5,7,11,17-18H,2-3,6,8-9H2,1H3. The van der Waals surface area contributed by atoms with Crippen LogP contribution in [0.1, 0.15) is 24.8 Å². The maximum atomic E-state index is 9.63. The Kier molecular flexibility index (Phi) is 4.54. The van der Waals surface area contributed by atoms with Gasteiger partial charge in [-0.1, -0.05) is 35.7 Å². The highest BCUT2D eigenvalue weighted by Crippen LogP contribution is 2.46. The number of nitrogens with one attached hydrogen (secondary N) is 1. The quantitative estimate of drug-likeness (QED) is 0.891. The van der Waals surface area contributed by atoms with Crippen molar-refractivity contribution in [2.24, 2.45) is 5.92 Å². The molecule has 0 amide bonds. The van der Waals surface area contributed by atoms with Crippen LogP contribution in [0.3, 0.4) is 0 Å². The summed E-state index contributed by atoms with van der Waals surface area (Å²) in [6.45, 7) is 1.08. The Bertz CT molecular complexity index is 424. The molecule has 1 saturated carbocycles. The SMILES string of the molecule is CNCC1(c2ccc(Cl)c(Cl)c2)CCCC1CO. The van der Waals surface area contributed by atoms with E-state index < -0.39 is 0 Å². The van der Waals surface area contributed by atoms with Crippen LogP contribution in [0.4, 0.5) is 0 Å². The monoisotopic (exact) mass is 287 g/mol. The molecule has 2 unspecified atom stereocenters. The van der Waals surface area contributed by atoms with E-state index >= 15 is 0 Å². The molecule has 2 nitrogen and oxygen atoms in total. The average Bonchev–Trinajstić information content (AvgIpc) is 2.77. The van der Waals surface area contributed by atoms with Gasteiger partial charge in [0.15, 0.2) is 0 Å². The van der Waals surface area contributed by atoms with Gasteiger partial charge in [0.05, 0.1) is 10.0 Å². The summed E-state index contributed by atoms with van der Waals surface area (Å²) in [5, 5.41) is 14.1. The first-order valence-corrected chi connectivity index (χ1v) is 7.10. The summed E-state index contributed by atoms with van der Waals surface area (Å²) < 4.78 is 0. The molecule has 1 fully saturated rings. The zero-order valence-electron chi connectivity index (χ0n) is 10.5. The summed E-state index contributed by atoms with van der Waals surface area (Å²) in [4.78, 5) is 0. The Labute approximate surface area is 118 Å². The molecule has 2 rings (SSSR count). The Morgan fingerprint density at radius 3 is 2.78 bits per heavy atom. The van der Waals surface area contributed by atoms with E-state index in [0.29, 0.717) is 16.0 Å². The van der Waals surface area contributed by atoms with Crippen LogP contribution in [0.15, 0.2) is 18.2 Å². The number of aliphatic hydroxyl groups excluding tert-OH is 1. The molecule has 2 atom stereocenters. The van der Waals surface area contributed by atoms with Crippen LogP contribution >= 0.6 is 23.2 Å². The lowest BCUT2D eigenvalue weighted by Crippen LogP contribution is -2.41. The fourth-order valence-corrected chi connectivity index (χ4v) is 3.54. The summed E-state index contributed by atoms with van der Waals surface area (Å²) in [6, 6.07) is 5.85. The van der Waals surface area contributed by atoms with Crippen LogP contribution in [0.2, 0.25) is 10.0 Å². The number of hydrogen-bond acceptors (Lipinski definition) is 2. The minimum absolute atomic E-state index is 0.0161. The molecule has 0 saturated heterocycles. The molecule has 1 aliphatic carbocycles. The first-order valence-electron chi connectivity index (χ1n) is 6.35. The molecule has 1 aliphatic rings. The Morgan fingerprint density at radius 1 is 1.39 bits per heavy atom. The summed E-state index contributed by atoms with van der Waals surface area (Å²) in [5.74, 6) is 0.294. The lowest BCUT2D eigenvalue weighted by Gasteiger charge is -2.35. The molecular formula is C14H19Cl2NO. The molecule has 0 spiro atoms. The van der Waals surface area contributed by atoms with Gasteiger partial charge in [0, 0.05) is 18.6 Å². The molecular weight excluding hydrogens is 269 g/mol. The van der Waals surface area contributed by atoms with Gasteiger partial charge in [-0.25, -0.2) is 0 Å². The zero-order valence-corrected chi connectivity index (χ0v) is 12.1. The van der Waals surface area contributed by atoms with Gasteiger partial charge in [0.25, 0.3) is 0 Å². The topological polar surface area (TPSA) is 32.3 Å². The molecule has 100 valence electrons. The lowest BCUT2D eigenvalue weighted by atomic mass is 9.72. The van der Waals surface area contributed by atoms with Crippen LogP contribution < -0.4 is 5.32 Å². The van der Waals surface area contributed by atoms with E-state index in [1.165, 1.54) is 5.56 Å². The second kappa shape index (κ2) is 5.79. The van der Waals surface area contributed by atoms with Crippen LogP contribution in [0.5, 0.6) is 0 Å². The van der Waals surface area contributed by atoms with Crippen molar-refractivity contribution < 1.29 is 5.11 Å². The fraction of sp³-hybridized carbons (Fsp3) is 0.571. The average molecular weight is 288 g/mol. The van der Waals surface area contributed by atoms with E-state index in [9.17, 15) is 5.11 Å². The molecule has 18 heavy (non-hydrogen) atoms. The molecule has 0 radical (unpaired) electrons. The van der Waals surface area contributed by atoms with Crippen molar-refractivity contribution in [3.8, 4) is 0 Å². The normalized spacial score (nSPS) is 27.7. The van der Waals surface area contributed by atoms with E-state index in [0.717, 1.165) is 25.8 Å². The Hall–Kier alpha value is -0.280. The molecule has 1 aromatic rings. The van der Waals surface area contributed by atoms with Gasteiger partial charge in [-0.15, -0.1) is 0 Å². The molecule has 0 heterocycles. The van der Waals surface area contributed by atoms with E-state index in [2.05, 4.69) is 5.32 Å². The van der Waals surface area contributed by atoms with E-state index in [1.54, 1.807) is 0 Å². The molecule has 0 aliphatic heterocycles. The second-order valence-electron chi connectivity index (χ2n) is 5.09. The van der Waals surface area contributed by atoms with Crippen LogP contribution in [-0.4, -0.2) is 25.3 Å². The van der Waals surface area contributed by atoms with Crippen molar-refractivity contribution in [1.82, 2.24) is 5.32 Å². The number of benzene rings is 1. The van der Waals surface area contributed by atoms with Gasteiger partial charge in [0.1, 0.15) is 0 Å². The third-order valence-electron chi connectivity index (χ3n) is 4.16. The lowest BCUT2D eigenvalue weighted by molar-refractivity contribution is 0.169. The zero-order chi connectivity index (χ0) is 13.2. The largest absolute Gasteiger partial charge is 0.396 e. The highest BCUT2D eigenvalue weighted by Gasteiger charge is 2.43. The summed E-state index contributed by atoms with van der Waals surface area (Å²) >= 11 is 12.1. The summed E-state index contributed by atoms with van der Waals surface area (Å²) in [6.07, 6.45) is 3.29. The number of rotatable bonds is 4. The maximum absolute atomic E-state index is 9.63. The Balaban J connectivity index is 2.43. The first kappa shape index (κ1) is 14.1. The van der Waals surface area contributed by atoms with Crippen LogP contribution in [0, 0.1) is 5.92 Å². The van der Waals surface area contributed by atoms with E-state index in [1.807, 2.05) is 25.2 Å². The highest BCUT2D eigenvalue weighted by molar-refractivity contribution is 6.42. The van der Waals surface area contributed by atoms with Gasteiger partial charge in [0.2, 0.25) is 0 Å². The van der Waals surface area contributed by atoms with E-state index in [-0.39, 0.29) is 12.0 Å². The van der Waals surface area contributed by atoms with Gasteiger partial charge in [-0.2, -0.15) is 0 Å². The van der Waals surface area contributed by atoms with Crippen LogP contribution in [0.25, 0.3) is 0 Å². The summed E-state index contributed by atoms with van der Waals surface area (Å²) in [7, 11) is 1.95. The Morgan fingerprint density at radius 2 is 2.17 bits per heavy atom. The molecule has 0 aromatic heterocycles. The highest BCUT2D eigenvalue weighted by atomic mass is 35.5. The minimum Gasteiger partial charge on any atom is -0.396 e. The smallest absolute Gasteiger partial charge is 0.0595 e. The number of aliphatic hydroxyl groups is 1. The number of hydrogen-bond donors (Lipinski definition) is 2. The summed E-state index contributed by atoms with van der Waals surface area (Å²) in [5.41, 5.74) is 1.17.